The Hall–Kier alpha value is -0.0800. The lowest BCUT2D eigenvalue weighted by Crippen LogP contribution is -2.41. The van der Waals surface area contributed by atoms with Crippen molar-refractivity contribution in [2.75, 3.05) is 6.61 Å². The van der Waals surface area contributed by atoms with Crippen LogP contribution >= 0.6 is 0 Å². The number of aliphatic hydroxyl groups is 1. The predicted octanol–water partition coefficient (Wildman–Crippen LogP) is 2.46. The van der Waals surface area contributed by atoms with Gasteiger partial charge >= 0.3 is 0 Å². The second-order valence-corrected chi connectivity index (χ2v) is 5.34. The minimum atomic E-state index is 0.379. The molecule has 0 radical (unpaired) electrons. The molecule has 2 unspecified atom stereocenters. The van der Waals surface area contributed by atoms with Gasteiger partial charge in [0, 0.05) is 18.7 Å². The Morgan fingerprint density at radius 1 is 0.867 bits per heavy atom. The van der Waals surface area contributed by atoms with E-state index in [4.69, 9.17) is 0 Å². The van der Waals surface area contributed by atoms with Gasteiger partial charge in [-0.2, -0.15) is 0 Å². The van der Waals surface area contributed by atoms with Crippen molar-refractivity contribution in [3.8, 4) is 0 Å². The van der Waals surface area contributed by atoms with E-state index in [2.05, 4.69) is 5.32 Å². The minimum Gasteiger partial charge on any atom is -0.396 e. The summed E-state index contributed by atoms with van der Waals surface area (Å²) in [5.74, 6) is 0.535. The van der Waals surface area contributed by atoms with E-state index in [1.54, 1.807) is 0 Å². The Balaban J connectivity index is 1.78. The van der Waals surface area contributed by atoms with E-state index in [0.29, 0.717) is 18.6 Å². The Labute approximate surface area is 93.5 Å². The van der Waals surface area contributed by atoms with Crippen LogP contribution in [-0.4, -0.2) is 23.8 Å². The van der Waals surface area contributed by atoms with Crippen LogP contribution in [0.1, 0.15) is 57.8 Å². The summed E-state index contributed by atoms with van der Waals surface area (Å²) in [7, 11) is 0. The summed E-state index contributed by atoms with van der Waals surface area (Å²) in [6.07, 6.45) is 12.2. The second-order valence-electron chi connectivity index (χ2n) is 5.34. The van der Waals surface area contributed by atoms with Gasteiger partial charge in [0.1, 0.15) is 0 Å². The van der Waals surface area contributed by atoms with Gasteiger partial charge in [0.2, 0.25) is 0 Å². The molecule has 0 heterocycles. The van der Waals surface area contributed by atoms with Crippen molar-refractivity contribution in [2.24, 2.45) is 5.92 Å². The van der Waals surface area contributed by atoms with Crippen molar-refractivity contribution in [3.63, 3.8) is 0 Å². The van der Waals surface area contributed by atoms with E-state index >= 15 is 0 Å². The van der Waals surface area contributed by atoms with Crippen LogP contribution in [0, 0.1) is 5.92 Å². The fourth-order valence-electron chi connectivity index (χ4n) is 3.22. The van der Waals surface area contributed by atoms with E-state index in [0.717, 1.165) is 6.04 Å². The van der Waals surface area contributed by atoms with E-state index in [1.165, 1.54) is 57.8 Å². The Bertz CT molecular complexity index is 175. The first kappa shape index (κ1) is 11.4. The summed E-state index contributed by atoms with van der Waals surface area (Å²) < 4.78 is 0. The van der Waals surface area contributed by atoms with Gasteiger partial charge in [0.25, 0.3) is 0 Å². The summed E-state index contributed by atoms with van der Waals surface area (Å²) in [6.45, 7) is 0.379. The van der Waals surface area contributed by atoms with Crippen LogP contribution in [0.5, 0.6) is 0 Å². The summed E-state index contributed by atoms with van der Waals surface area (Å²) in [4.78, 5) is 0. The molecule has 0 spiro atoms. The van der Waals surface area contributed by atoms with Crippen LogP contribution < -0.4 is 5.32 Å². The summed E-state index contributed by atoms with van der Waals surface area (Å²) in [5, 5.41) is 13.1. The third kappa shape index (κ3) is 3.18. The van der Waals surface area contributed by atoms with Crippen molar-refractivity contribution in [3.05, 3.63) is 0 Å². The molecule has 0 saturated heterocycles. The number of nitrogens with one attached hydrogen (secondary N) is 1. The topological polar surface area (TPSA) is 32.3 Å². The van der Waals surface area contributed by atoms with Crippen LogP contribution in [0.4, 0.5) is 0 Å². The quantitative estimate of drug-likeness (QED) is 0.703. The van der Waals surface area contributed by atoms with Crippen LogP contribution in [0.25, 0.3) is 0 Å². The first-order chi connectivity index (χ1) is 7.40. The summed E-state index contributed by atoms with van der Waals surface area (Å²) >= 11 is 0. The van der Waals surface area contributed by atoms with Crippen LogP contribution in [0.2, 0.25) is 0 Å². The van der Waals surface area contributed by atoms with E-state index in [1.807, 2.05) is 0 Å². The largest absolute Gasteiger partial charge is 0.396 e. The standard InChI is InChI=1S/C13H25NO/c15-10-11-6-5-9-13(11)14-12-7-3-1-2-4-8-12/h11-15H,1-10H2. The molecule has 0 aromatic carbocycles. The fraction of sp³-hybridized carbons (Fsp3) is 1.00. The summed E-state index contributed by atoms with van der Waals surface area (Å²) in [6, 6.07) is 1.35. The Morgan fingerprint density at radius 3 is 2.27 bits per heavy atom. The zero-order valence-electron chi connectivity index (χ0n) is 9.75. The van der Waals surface area contributed by atoms with E-state index in [-0.39, 0.29) is 0 Å². The molecule has 2 rings (SSSR count). The molecule has 0 aromatic heterocycles. The van der Waals surface area contributed by atoms with Crippen molar-refractivity contribution in [1.29, 1.82) is 0 Å². The molecule has 2 aliphatic carbocycles. The van der Waals surface area contributed by atoms with E-state index in [9.17, 15) is 5.11 Å². The average molecular weight is 211 g/mol. The second kappa shape index (κ2) is 5.86. The Kier molecular flexibility index (Phi) is 4.45. The lowest BCUT2D eigenvalue weighted by atomic mass is 10.0. The molecule has 2 atom stereocenters. The number of hydrogen-bond donors (Lipinski definition) is 2. The highest BCUT2D eigenvalue weighted by molar-refractivity contribution is 4.86. The molecule has 2 saturated carbocycles. The van der Waals surface area contributed by atoms with Crippen LogP contribution in [0.15, 0.2) is 0 Å². The highest BCUT2D eigenvalue weighted by Crippen LogP contribution is 2.27. The molecule has 0 aliphatic heterocycles. The maximum atomic E-state index is 9.28. The molecule has 2 N–H and O–H groups in total. The average Bonchev–Trinajstić information content (AvgIpc) is 2.53. The van der Waals surface area contributed by atoms with Gasteiger partial charge in [-0.1, -0.05) is 32.1 Å². The van der Waals surface area contributed by atoms with Gasteiger partial charge in [-0.25, -0.2) is 0 Å². The predicted molar refractivity (Wildman–Crippen MR) is 62.8 cm³/mol. The highest BCUT2D eigenvalue weighted by atomic mass is 16.3. The van der Waals surface area contributed by atoms with Gasteiger partial charge in [-0.05, 0) is 31.6 Å². The van der Waals surface area contributed by atoms with Crippen molar-refractivity contribution in [1.82, 2.24) is 5.32 Å². The monoisotopic (exact) mass is 211 g/mol. The maximum absolute atomic E-state index is 9.28. The van der Waals surface area contributed by atoms with Crippen LogP contribution in [0.3, 0.4) is 0 Å². The number of aliphatic hydroxyl groups excluding tert-OH is 1. The SMILES string of the molecule is OCC1CCCC1NC1CCCCCC1. The molecular formula is C13H25NO. The molecule has 0 bridgehead atoms. The molecule has 2 fully saturated rings. The number of rotatable bonds is 3. The smallest absolute Gasteiger partial charge is 0.0474 e. The minimum absolute atomic E-state index is 0.379. The lowest BCUT2D eigenvalue weighted by Gasteiger charge is -2.25. The first-order valence-corrected chi connectivity index (χ1v) is 6.77. The van der Waals surface area contributed by atoms with Crippen molar-refractivity contribution >= 4 is 0 Å². The maximum Gasteiger partial charge on any atom is 0.0474 e. The molecule has 15 heavy (non-hydrogen) atoms. The molecule has 2 nitrogen and oxygen atoms in total. The van der Waals surface area contributed by atoms with Gasteiger partial charge in [0.05, 0.1) is 0 Å². The first-order valence-electron chi connectivity index (χ1n) is 6.77. The zero-order chi connectivity index (χ0) is 10.5. The Morgan fingerprint density at radius 2 is 1.60 bits per heavy atom. The molecule has 88 valence electrons. The molecule has 0 aromatic rings. The van der Waals surface area contributed by atoms with Gasteiger partial charge in [-0.3, -0.25) is 0 Å². The zero-order valence-corrected chi connectivity index (χ0v) is 9.75. The number of hydrogen-bond acceptors (Lipinski definition) is 2. The normalized spacial score (nSPS) is 34.2. The molecular weight excluding hydrogens is 186 g/mol. The fourth-order valence-corrected chi connectivity index (χ4v) is 3.22. The third-order valence-corrected chi connectivity index (χ3v) is 4.20. The summed E-state index contributed by atoms with van der Waals surface area (Å²) in [5.41, 5.74) is 0. The lowest BCUT2D eigenvalue weighted by molar-refractivity contribution is 0.197. The van der Waals surface area contributed by atoms with E-state index < -0.39 is 0 Å². The highest BCUT2D eigenvalue weighted by Gasteiger charge is 2.28. The molecule has 2 aliphatic rings. The van der Waals surface area contributed by atoms with Crippen molar-refractivity contribution < 1.29 is 5.11 Å². The molecule has 2 heteroatoms. The van der Waals surface area contributed by atoms with Crippen molar-refractivity contribution in [2.45, 2.75) is 69.9 Å². The van der Waals surface area contributed by atoms with Gasteiger partial charge < -0.3 is 10.4 Å². The van der Waals surface area contributed by atoms with Gasteiger partial charge in [0.15, 0.2) is 0 Å². The third-order valence-electron chi connectivity index (χ3n) is 4.20. The molecule has 0 amide bonds. The van der Waals surface area contributed by atoms with Crippen LogP contribution in [-0.2, 0) is 0 Å². The van der Waals surface area contributed by atoms with Gasteiger partial charge in [-0.15, -0.1) is 0 Å².